The third kappa shape index (κ3) is 2.86. The number of thioether (sulfide) groups is 1. The summed E-state index contributed by atoms with van der Waals surface area (Å²) in [5.74, 6) is 0.601. The summed E-state index contributed by atoms with van der Waals surface area (Å²) in [6.07, 6.45) is 2.53. The molecule has 1 heterocycles. The lowest BCUT2D eigenvalue weighted by molar-refractivity contribution is 0.204. The molecule has 0 saturated carbocycles. The van der Waals surface area contributed by atoms with E-state index >= 15 is 0 Å². The van der Waals surface area contributed by atoms with Crippen LogP contribution >= 0.6 is 11.8 Å². The summed E-state index contributed by atoms with van der Waals surface area (Å²) in [4.78, 5) is 9.32. The minimum absolute atomic E-state index is 0.257. The molecule has 0 bridgehead atoms. The van der Waals surface area contributed by atoms with Crippen molar-refractivity contribution in [3.63, 3.8) is 0 Å². The van der Waals surface area contributed by atoms with Gasteiger partial charge in [0.25, 0.3) is 0 Å². The molecule has 5 nitrogen and oxygen atoms in total. The van der Waals surface area contributed by atoms with Crippen molar-refractivity contribution in [1.82, 2.24) is 9.97 Å². The summed E-state index contributed by atoms with van der Waals surface area (Å²) in [6, 6.07) is 7.62. The molecule has 0 aliphatic rings. The average molecular weight is 292 g/mol. The van der Waals surface area contributed by atoms with Gasteiger partial charge < -0.3 is 14.6 Å². The Hall–Kier alpha value is -1.79. The maximum atomic E-state index is 10.5. The minimum atomic E-state index is -0.896. The number of aromatic nitrogens is 2. The van der Waals surface area contributed by atoms with Crippen molar-refractivity contribution in [2.45, 2.75) is 11.0 Å². The van der Waals surface area contributed by atoms with E-state index in [9.17, 15) is 5.11 Å². The predicted molar refractivity (Wildman–Crippen MR) is 77.4 cm³/mol. The maximum absolute atomic E-state index is 10.5. The molecule has 0 amide bonds. The average Bonchev–Trinajstić information content (AvgIpc) is 2.53. The first-order valence-corrected chi connectivity index (χ1v) is 7.19. The summed E-state index contributed by atoms with van der Waals surface area (Å²) >= 11 is 1.57. The highest BCUT2D eigenvalue weighted by molar-refractivity contribution is 7.98. The van der Waals surface area contributed by atoms with Crippen LogP contribution in [0.1, 0.15) is 17.4 Å². The van der Waals surface area contributed by atoms with Crippen LogP contribution in [0.25, 0.3) is 0 Å². The fourth-order valence-electron chi connectivity index (χ4n) is 1.84. The second kappa shape index (κ2) is 6.58. The Balaban J connectivity index is 2.45. The zero-order valence-corrected chi connectivity index (χ0v) is 12.3. The maximum Gasteiger partial charge on any atom is 0.241 e. The Labute approximate surface area is 122 Å². The first-order valence-electron chi connectivity index (χ1n) is 5.97. The fraction of sp³-hybridized carbons (Fsp3) is 0.286. The minimum Gasteiger partial charge on any atom is -0.480 e. The number of hydrogen-bond acceptors (Lipinski definition) is 6. The van der Waals surface area contributed by atoms with Crippen LogP contribution in [-0.2, 0) is 0 Å². The molecule has 1 atom stereocenters. The third-order valence-corrected chi connectivity index (χ3v) is 3.65. The van der Waals surface area contributed by atoms with Gasteiger partial charge in [-0.15, -0.1) is 11.8 Å². The van der Waals surface area contributed by atoms with Crippen LogP contribution < -0.4 is 9.47 Å². The van der Waals surface area contributed by atoms with Gasteiger partial charge in [-0.05, 0) is 12.3 Å². The Morgan fingerprint density at radius 2 is 1.95 bits per heavy atom. The van der Waals surface area contributed by atoms with E-state index in [1.807, 2.05) is 30.5 Å². The Morgan fingerprint density at radius 3 is 2.60 bits per heavy atom. The van der Waals surface area contributed by atoms with Gasteiger partial charge >= 0.3 is 0 Å². The topological polar surface area (TPSA) is 64.5 Å². The van der Waals surface area contributed by atoms with Crippen LogP contribution in [0.2, 0.25) is 0 Å². The third-order valence-electron chi connectivity index (χ3n) is 2.84. The van der Waals surface area contributed by atoms with Crippen molar-refractivity contribution in [3.8, 4) is 11.8 Å². The molecule has 0 spiro atoms. The van der Waals surface area contributed by atoms with Crippen LogP contribution in [0.5, 0.6) is 11.8 Å². The van der Waals surface area contributed by atoms with Crippen LogP contribution in [0.3, 0.4) is 0 Å². The van der Waals surface area contributed by atoms with Crippen molar-refractivity contribution >= 4 is 11.8 Å². The molecule has 1 N–H and O–H groups in total. The van der Waals surface area contributed by atoms with E-state index in [1.165, 1.54) is 20.4 Å². The first kappa shape index (κ1) is 14.6. The number of ether oxygens (including phenoxy) is 2. The molecule has 0 saturated heterocycles. The van der Waals surface area contributed by atoms with Gasteiger partial charge in [-0.25, -0.2) is 4.98 Å². The number of rotatable bonds is 5. The smallest absolute Gasteiger partial charge is 0.241 e. The molecule has 0 aliphatic heterocycles. The lowest BCUT2D eigenvalue weighted by Gasteiger charge is -2.16. The van der Waals surface area contributed by atoms with Gasteiger partial charge in [-0.1, -0.05) is 18.2 Å². The Kier molecular flexibility index (Phi) is 4.81. The zero-order chi connectivity index (χ0) is 14.5. The summed E-state index contributed by atoms with van der Waals surface area (Å²) in [5, 5.41) is 10.5. The summed E-state index contributed by atoms with van der Waals surface area (Å²) < 4.78 is 10.2. The zero-order valence-electron chi connectivity index (χ0n) is 11.5. The molecule has 1 aromatic carbocycles. The predicted octanol–water partition coefficient (Wildman–Crippen LogP) is 2.30. The molecular formula is C14H16N2O3S. The second-order valence-electron chi connectivity index (χ2n) is 3.95. The van der Waals surface area contributed by atoms with Gasteiger partial charge in [0.15, 0.2) is 0 Å². The van der Waals surface area contributed by atoms with Gasteiger partial charge in [0, 0.05) is 10.5 Å². The lowest BCUT2D eigenvalue weighted by Crippen LogP contribution is -2.08. The standard InChI is InChI=1S/C14H16N2O3S/c1-18-11-8-15-12(14(16-11)19-2)13(17)9-6-4-5-7-10(9)20-3/h4-8,13,17H,1-3H3. The molecule has 20 heavy (non-hydrogen) atoms. The van der Waals surface area contributed by atoms with Gasteiger partial charge in [-0.3, -0.25) is 0 Å². The Morgan fingerprint density at radius 1 is 1.20 bits per heavy atom. The van der Waals surface area contributed by atoms with E-state index in [-0.39, 0.29) is 5.88 Å². The molecule has 6 heteroatoms. The summed E-state index contributed by atoms with van der Waals surface area (Å²) in [6.45, 7) is 0. The molecule has 2 rings (SSSR count). The summed E-state index contributed by atoms with van der Waals surface area (Å²) in [7, 11) is 2.99. The van der Waals surface area contributed by atoms with Crippen molar-refractivity contribution in [2.75, 3.05) is 20.5 Å². The number of aliphatic hydroxyl groups excluding tert-OH is 1. The van der Waals surface area contributed by atoms with E-state index in [4.69, 9.17) is 9.47 Å². The monoisotopic (exact) mass is 292 g/mol. The van der Waals surface area contributed by atoms with E-state index < -0.39 is 6.10 Å². The molecular weight excluding hydrogens is 276 g/mol. The Bertz CT molecular complexity index is 592. The van der Waals surface area contributed by atoms with E-state index in [2.05, 4.69) is 9.97 Å². The number of aliphatic hydroxyl groups is 1. The van der Waals surface area contributed by atoms with Gasteiger partial charge in [-0.2, -0.15) is 4.98 Å². The molecule has 0 aliphatic carbocycles. The lowest BCUT2D eigenvalue weighted by atomic mass is 10.1. The van der Waals surface area contributed by atoms with Gasteiger partial charge in [0.05, 0.1) is 20.4 Å². The van der Waals surface area contributed by atoms with Gasteiger partial charge in [0.1, 0.15) is 11.8 Å². The van der Waals surface area contributed by atoms with Crippen LogP contribution in [0, 0.1) is 0 Å². The van der Waals surface area contributed by atoms with Crippen molar-refractivity contribution in [1.29, 1.82) is 0 Å². The highest BCUT2D eigenvalue weighted by atomic mass is 32.2. The van der Waals surface area contributed by atoms with Crippen molar-refractivity contribution in [2.24, 2.45) is 0 Å². The van der Waals surface area contributed by atoms with Crippen LogP contribution in [0.15, 0.2) is 35.4 Å². The second-order valence-corrected chi connectivity index (χ2v) is 4.80. The molecule has 1 aromatic heterocycles. The number of benzene rings is 1. The molecule has 0 fully saturated rings. The highest BCUT2D eigenvalue weighted by Crippen LogP contribution is 2.33. The van der Waals surface area contributed by atoms with Gasteiger partial charge in [0.2, 0.25) is 11.8 Å². The van der Waals surface area contributed by atoms with Crippen LogP contribution in [-0.4, -0.2) is 35.5 Å². The SMILES string of the molecule is COc1cnc(C(O)c2ccccc2SC)c(OC)n1. The molecule has 0 radical (unpaired) electrons. The van der Waals surface area contributed by atoms with E-state index in [1.54, 1.807) is 11.8 Å². The van der Waals surface area contributed by atoms with E-state index in [0.29, 0.717) is 11.6 Å². The number of hydrogen-bond donors (Lipinski definition) is 1. The quantitative estimate of drug-likeness (QED) is 0.853. The number of nitrogens with zero attached hydrogens (tertiary/aromatic N) is 2. The molecule has 2 aromatic rings. The summed E-state index contributed by atoms with van der Waals surface area (Å²) in [5.41, 5.74) is 1.15. The highest BCUT2D eigenvalue weighted by Gasteiger charge is 2.21. The van der Waals surface area contributed by atoms with Crippen LogP contribution in [0.4, 0.5) is 0 Å². The molecule has 1 unspecified atom stereocenters. The largest absolute Gasteiger partial charge is 0.480 e. The molecule has 106 valence electrons. The normalized spacial score (nSPS) is 12.0. The first-order chi connectivity index (χ1) is 9.71. The van der Waals surface area contributed by atoms with E-state index in [0.717, 1.165) is 10.5 Å². The fourth-order valence-corrected chi connectivity index (χ4v) is 2.47. The van der Waals surface area contributed by atoms with Crippen molar-refractivity contribution in [3.05, 3.63) is 41.7 Å². The van der Waals surface area contributed by atoms with Crippen molar-refractivity contribution < 1.29 is 14.6 Å². The number of methoxy groups -OCH3 is 2.